The molecule has 0 aliphatic heterocycles. The summed E-state index contributed by atoms with van der Waals surface area (Å²) in [7, 11) is 2.18. The smallest absolute Gasteiger partial charge is 0.240 e. The highest BCUT2D eigenvalue weighted by Gasteiger charge is 2.20. The Kier molecular flexibility index (Phi) is 5.05. The summed E-state index contributed by atoms with van der Waals surface area (Å²) in [6.45, 7) is 4.83. The highest BCUT2D eigenvalue weighted by Crippen LogP contribution is 2.23. The van der Waals surface area contributed by atoms with Crippen molar-refractivity contribution in [2.75, 3.05) is 7.05 Å². The standard InChI is InChI=1S/C16H26N6O/c1-4-15-18-19-16(23-15)12(2)22-11-13(17-20-22)10-21(3)14-8-6-5-7-9-14/h11-12,14H,4-10H2,1-3H3. The molecule has 1 atom stereocenters. The van der Waals surface area contributed by atoms with Crippen LogP contribution in [0.4, 0.5) is 0 Å². The Bertz CT molecular complexity index is 616. The molecule has 7 nitrogen and oxygen atoms in total. The largest absolute Gasteiger partial charge is 0.423 e. The normalized spacial score (nSPS) is 17.7. The van der Waals surface area contributed by atoms with Gasteiger partial charge in [-0.2, -0.15) is 0 Å². The van der Waals surface area contributed by atoms with Crippen molar-refractivity contribution in [1.29, 1.82) is 0 Å². The Labute approximate surface area is 137 Å². The van der Waals surface area contributed by atoms with Crippen LogP contribution in [0.2, 0.25) is 0 Å². The van der Waals surface area contributed by atoms with Gasteiger partial charge in [0.15, 0.2) is 0 Å². The van der Waals surface area contributed by atoms with Crippen molar-refractivity contribution >= 4 is 0 Å². The number of hydrogen-bond donors (Lipinski definition) is 0. The van der Waals surface area contributed by atoms with Gasteiger partial charge in [0.2, 0.25) is 11.8 Å². The second-order valence-electron chi connectivity index (χ2n) is 6.46. The van der Waals surface area contributed by atoms with Crippen molar-refractivity contribution in [1.82, 2.24) is 30.1 Å². The van der Waals surface area contributed by atoms with E-state index in [1.54, 1.807) is 4.68 Å². The van der Waals surface area contributed by atoms with Gasteiger partial charge < -0.3 is 4.42 Å². The van der Waals surface area contributed by atoms with Gasteiger partial charge in [0.05, 0.1) is 11.9 Å². The summed E-state index contributed by atoms with van der Waals surface area (Å²) in [5.41, 5.74) is 0.986. The van der Waals surface area contributed by atoms with Gasteiger partial charge in [-0.05, 0) is 26.8 Å². The van der Waals surface area contributed by atoms with Crippen LogP contribution in [0.1, 0.15) is 69.5 Å². The van der Waals surface area contributed by atoms with Crippen LogP contribution in [0.25, 0.3) is 0 Å². The molecule has 126 valence electrons. The molecule has 2 aromatic heterocycles. The Balaban J connectivity index is 1.62. The first-order chi connectivity index (χ1) is 11.2. The zero-order valence-electron chi connectivity index (χ0n) is 14.3. The molecule has 1 aliphatic carbocycles. The molecular formula is C16H26N6O. The molecule has 2 aromatic rings. The van der Waals surface area contributed by atoms with Gasteiger partial charge in [0.25, 0.3) is 0 Å². The van der Waals surface area contributed by atoms with E-state index >= 15 is 0 Å². The van der Waals surface area contributed by atoms with Gasteiger partial charge in [-0.1, -0.05) is 31.4 Å². The van der Waals surface area contributed by atoms with Crippen LogP contribution in [-0.2, 0) is 13.0 Å². The molecule has 0 N–H and O–H groups in total. The first kappa shape index (κ1) is 16.1. The Morgan fingerprint density at radius 3 is 2.74 bits per heavy atom. The lowest BCUT2D eigenvalue weighted by Gasteiger charge is -2.30. The van der Waals surface area contributed by atoms with Crippen LogP contribution in [0, 0.1) is 0 Å². The predicted molar refractivity (Wildman–Crippen MR) is 85.9 cm³/mol. The summed E-state index contributed by atoms with van der Waals surface area (Å²) >= 11 is 0. The summed E-state index contributed by atoms with van der Waals surface area (Å²) in [6.07, 6.45) is 9.38. The molecule has 7 heteroatoms. The van der Waals surface area contributed by atoms with E-state index in [2.05, 4.69) is 32.5 Å². The zero-order chi connectivity index (χ0) is 16.2. The van der Waals surface area contributed by atoms with Gasteiger partial charge in [0.1, 0.15) is 6.04 Å². The van der Waals surface area contributed by atoms with Crippen molar-refractivity contribution in [3.63, 3.8) is 0 Å². The maximum Gasteiger partial charge on any atom is 0.240 e. The zero-order valence-corrected chi connectivity index (χ0v) is 14.3. The fraction of sp³-hybridized carbons (Fsp3) is 0.750. The van der Waals surface area contributed by atoms with Gasteiger partial charge >= 0.3 is 0 Å². The highest BCUT2D eigenvalue weighted by atomic mass is 16.4. The van der Waals surface area contributed by atoms with E-state index in [4.69, 9.17) is 4.42 Å². The number of aromatic nitrogens is 5. The summed E-state index contributed by atoms with van der Waals surface area (Å²) in [6, 6.07) is 0.582. The molecule has 3 rings (SSSR count). The molecule has 2 heterocycles. The van der Waals surface area contributed by atoms with E-state index in [0.29, 0.717) is 17.8 Å². The summed E-state index contributed by atoms with van der Waals surface area (Å²) in [5, 5.41) is 16.6. The van der Waals surface area contributed by atoms with Crippen LogP contribution in [-0.4, -0.2) is 43.2 Å². The maximum absolute atomic E-state index is 5.61. The third-order valence-corrected chi connectivity index (χ3v) is 4.71. The van der Waals surface area contributed by atoms with Crippen molar-refractivity contribution in [3.8, 4) is 0 Å². The lowest BCUT2D eigenvalue weighted by Crippen LogP contribution is -2.32. The molecule has 0 aromatic carbocycles. The predicted octanol–water partition coefficient (Wildman–Crippen LogP) is 2.60. The number of hydrogen-bond acceptors (Lipinski definition) is 6. The quantitative estimate of drug-likeness (QED) is 0.815. The molecule has 0 amide bonds. The fourth-order valence-electron chi connectivity index (χ4n) is 3.17. The van der Waals surface area contributed by atoms with Crippen LogP contribution < -0.4 is 0 Å². The van der Waals surface area contributed by atoms with Crippen LogP contribution in [0.3, 0.4) is 0 Å². The topological polar surface area (TPSA) is 72.9 Å². The Hall–Kier alpha value is -1.76. The Morgan fingerprint density at radius 1 is 1.26 bits per heavy atom. The number of rotatable bonds is 6. The van der Waals surface area contributed by atoms with Gasteiger partial charge in [0, 0.05) is 19.0 Å². The van der Waals surface area contributed by atoms with Crippen molar-refractivity contribution in [3.05, 3.63) is 23.7 Å². The average Bonchev–Trinajstić information content (AvgIpc) is 3.24. The summed E-state index contributed by atoms with van der Waals surface area (Å²) in [5.74, 6) is 1.24. The molecule has 0 saturated heterocycles. The lowest BCUT2D eigenvalue weighted by molar-refractivity contribution is 0.182. The fourth-order valence-corrected chi connectivity index (χ4v) is 3.17. The molecular weight excluding hydrogens is 292 g/mol. The van der Waals surface area contributed by atoms with E-state index in [0.717, 1.165) is 18.7 Å². The van der Waals surface area contributed by atoms with E-state index < -0.39 is 0 Å². The summed E-state index contributed by atoms with van der Waals surface area (Å²) in [4.78, 5) is 2.40. The van der Waals surface area contributed by atoms with Gasteiger partial charge in [-0.3, -0.25) is 4.90 Å². The van der Waals surface area contributed by atoms with E-state index in [9.17, 15) is 0 Å². The van der Waals surface area contributed by atoms with Crippen LogP contribution >= 0.6 is 0 Å². The lowest BCUT2D eigenvalue weighted by atomic mass is 9.94. The van der Waals surface area contributed by atoms with Gasteiger partial charge in [-0.25, -0.2) is 4.68 Å². The minimum atomic E-state index is -0.0935. The van der Waals surface area contributed by atoms with Crippen LogP contribution in [0.5, 0.6) is 0 Å². The SMILES string of the molecule is CCc1nnc(C(C)n2cc(CN(C)C3CCCCC3)nn2)o1. The molecule has 1 fully saturated rings. The summed E-state index contributed by atoms with van der Waals surface area (Å²) < 4.78 is 7.42. The van der Waals surface area contributed by atoms with Crippen LogP contribution in [0.15, 0.2) is 10.6 Å². The average molecular weight is 318 g/mol. The monoisotopic (exact) mass is 318 g/mol. The van der Waals surface area contributed by atoms with E-state index in [1.807, 2.05) is 20.0 Å². The first-order valence-electron chi connectivity index (χ1n) is 8.60. The van der Waals surface area contributed by atoms with Crippen molar-refractivity contribution in [2.45, 2.75) is 71.0 Å². The molecule has 1 aliphatic rings. The van der Waals surface area contributed by atoms with Crippen molar-refractivity contribution in [2.24, 2.45) is 0 Å². The van der Waals surface area contributed by atoms with E-state index in [-0.39, 0.29) is 6.04 Å². The maximum atomic E-state index is 5.61. The third-order valence-electron chi connectivity index (χ3n) is 4.71. The number of aryl methyl sites for hydroxylation is 1. The molecule has 1 unspecified atom stereocenters. The Morgan fingerprint density at radius 2 is 2.04 bits per heavy atom. The van der Waals surface area contributed by atoms with Gasteiger partial charge in [-0.15, -0.1) is 15.3 Å². The second-order valence-corrected chi connectivity index (χ2v) is 6.46. The minimum Gasteiger partial charge on any atom is -0.423 e. The molecule has 0 bridgehead atoms. The second kappa shape index (κ2) is 7.21. The molecule has 1 saturated carbocycles. The first-order valence-corrected chi connectivity index (χ1v) is 8.60. The third kappa shape index (κ3) is 3.77. The molecule has 0 spiro atoms. The molecule has 0 radical (unpaired) electrons. The van der Waals surface area contributed by atoms with E-state index in [1.165, 1.54) is 32.1 Å². The van der Waals surface area contributed by atoms with Crippen molar-refractivity contribution < 1.29 is 4.42 Å². The minimum absolute atomic E-state index is 0.0935. The molecule has 23 heavy (non-hydrogen) atoms. The number of nitrogens with zero attached hydrogens (tertiary/aromatic N) is 6. The highest BCUT2D eigenvalue weighted by molar-refractivity contribution is 4.98.